The van der Waals surface area contributed by atoms with Gasteiger partial charge in [-0.3, -0.25) is 4.99 Å². The van der Waals surface area contributed by atoms with Gasteiger partial charge in [-0.2, -0.15) is 0 Å². The zero-order chi connectivity index (χ0) is 18.3. The Morgan fingerprint density at radius 1 is 1.04 bits per heavy atom. The van der Waals surface area contributed by atoms with Gasteiger partial charge in [-0.1, -0.05) is 45.8 Å². The number of halogens is 1. The van der Waals surface area contributed by atoms with Crippen LogP contribution in [-0.2, 0) is 16.4 Å². The number of sulfone groups is 1. The van der Waals surface area contributed by atoms with E-state index < -0.39 is 9.84 Å². The lowest BCUT2D eigenvalue weighted by Crippen LogP contribution is -2.39. The van der Waals surface area contributed by atoms with Gasteiger partial charge in [0.15, 0.2) is 15.8 Å². The Morgan fingerprint density at radius 3 is 2.28 bits per heavy atom. The van der Waals surface area contributed by atoms with Crippen LogP contribution in [0.1, 0.15) is 11.1 Å². The highest BCUT2D eigenvalue weighted by molar-refractivity contribution is 9.10. The third kappa shape index (κ3) is 6.17. The predicted octanol–water partition coefficient (Wildman–Crippen LogP) is 2.90. The maximum Gasteiger partial charge on any atom is 0.191 e. The van der Waals surface area contributed by atoms with E-state index in [1.165, 1.54) is 5.56 Å². The first-order valence-electron chi connectivity index (χ1n) is 7.89. The van der Waals surface area contributed by atoms with Crippen LogP contribution in [0.15, 0.2) is 62.9 Å². The number of hydrogen-bond acceptors (Lipinski definition) is 3. The average Bonchev–Trinajstić information content (AvgIpc) is 2.59. The van der Waals surface area contributed by atoms with Gasteiger partial charge in [-0.15, -0.1) is 0 Å². The maximum atomic E-state index is 12.3. The van der Waals surface area contributed by atoms with Crippen LogP contribution in [0.5, 0.6) is 0 Å². The largest absolute Gasteiger partial charge is 0.355 e. The van der Waals surface area contributed by atoms with Crippen molar-refractivity contribution in [3.05, 3.63) is 64.1 Å². The van der Waals surface area contributed by atoms with Crippen LogP contribution in [0.25, 0.3) is 0 Å². The number of guanidine groups is 1. The first kappa shape index (κ1) is 19.5. The fourth-order valence-corrected chi connectivity index (χ4v) is 3.60. The number of nitrogens with one attached hydrogen (secondary N) is 2. The molecular formula is C18H22BrN3O2S. The van der Waals surface area contributed by atoms with Crippen LogP contribution in [-0.4, -0.2) is 33.7 Å². The van der Waals surface area contributed by atoms with Crippen molar-refractivity contribution in [1.82, 2.24) is 10.6 Å². The molecule has 2 N–H and O–H groups in total. The molecule has 0 saturated carbocycles. The first-order chi connectivity index (χ1) is 11.9. The van der Waals surface area contributed by atoms with Gasteiger partial charge in [0, 0.05) is 24.6 Å². The fourth-order valence-electron chi connectivity index (χ4n) is 2.18. The molecule has 7 heteroatoms. The number of benzene rings is 2. The van der Waals surface area contributed by atoms with Gasteiger partial charge >= 0.3 is 0 Å². The maximum absolute atomic E-state index is 12.3. The molecule has 2 rings (SSSR count). The van der Waals surface area contributed by atoms with E-state index in [9.17, 15) is 8.42 Å². The van der Waals surface area contributed by atoms with Gasteiger partial charge in [0.1, 0.15) is 0 Å². The molecule has 0 unspecified atom stereocenters. The molecular weight excluding hydrogens is 402 g/mol. The molecule has 0 aliphatic heterocycles. The lowest BCUT2D eigenvalue weighted by Gasteiger charge is -2.12. The van der Waals surface area contributed by atoms with Crippen molar-refractivity contribution < 1.29 is 8.42 Å². The second-order valence-corrected chi connectivity index (χ2v) is 8.64. The molecule has 2 aromatic carbocycles. The van der Waals surface area contributed by atoms with Gasteiger partial charge in [0.2, 0.25) is 0 Å². The summed E-state index contributed by atoms with van der Waals surface area (Å²) in [6.45, 7) is 2.95. The molecule has 0 bridgehead atoms. The van der Waals surface area contributed by atoms with Gasteiger partial charge in [0.25, 0.3) is 0 Å². The highest BCUT2D eigenvalue weighted by Crippen LogP contribution is 2.15. The van der Waals surface area contributed by atoms with Gasteiger partial charge in [-0.25, -0.2) is 8.42 Å². The molecule has 0 aliphatic rings. The third-order valence-electron chi connectivity index (χ3n) is 3.64. The molecule has 0 aromatic heterocycles. The summed E-state index contributed by atoms with van der Waals surface area (Å²) in [5.74, 6) is 0.575. The average molecular weight is 424 g/mol. The molecule has 134 valence electrons. The Bertz CT molecular complexity index is 816. The quantitative estimate of drug-likeness (QED) is 0.553. The molecule has 2 aromatic rings. The van der Waals surface area contributed by atoms with Crippen molar-refractivity contribution in [1.29, 1.82) is 0 Å². The van der Waals surface area contributed by atoms with Crippen LogP contribution in [0.2, 0.25) is 0 Å². The van der Waals surface area contributed by atoms with E-state index in [1.807, 2.05) is 19.1 Å². The van der Waals surface area contributed by atoms with E-state index in [1.54, 1.807) is 31.3 Å². The van der Waals surface area contributed by atoms with E-state index in [4.69, 9.17) is 0 Å². The lowest BCUT2D eigenvalue weighted by atomic mass is 10.1. The van der Waals surface area contributed by atoms with E-state index >= 15 is 0 Å². The van der Waals surface area contributed by atoms with Crippen LogP contribution in [0.3, 0.4) is 0 Å². The number of rotatable bonds is 6. The monoisotopic (exact) mass is 423 g/mol. The molecule has 0 heterocycles. The summed E-state index contributed by atoms with van der Waals surface area (Å²) in [6, 6.07) is 14.9. The van der Waals surface area contributed by atoms with Gasteiger partial charge in [-0.05, 0) is 36.8 Å². The highest BCUT2D eigenvalue weighted by Gasteiger charge is 2.14. The van der Waals surface area contributed by atoms with Crippen molar-refractivity contribution >= 4 is 31.7 Å². The van der Waals surface area contributed by atoms with Crippen LogP contribution in [0.4, 0.5) is 0 Å². The molecule has 0 aliphatic carbocycles. The number of aryl methyl sites for hydroxylation is 1. The third-order valence-corrected chi connectivity index (χ3v) is 5.90. The standard InChI is InChI=1S/C18H22BrN3O2S/c1-14-3-5-15(6-4-14)13-22-18(20-2)21-11-12-25(23,24)17-9-7-16(19)8-10-17/h3-10H,11-13H2,1-2H3,(H2,20,21,22). The van der Waals surface area contributed by atoms with Crippen molar-refractivity contribution in [3.8, 4) is 0 Å². The zero-order valence-electron chi connectivity index (χ0n) is 14.3. The molecule has 0 saturated heterocycles. The smallest absolute Gasteiger partial charge is 0.191 e. The summed E-state index contributed by atoms with van der Waals surface area (Å²) in [6.07, 6.45) is 0. The van der Waals surface area contributed by atoms with Crippen molar-refractivity contribution in [3.63, 3.8) is 0 Å². The molecule has 5 nitrogen and oxygen atoms in total. The Labute approximate surface area is 157 Å². The summed E-state index contributed by atoms with van der Waals surface area (Å²) in [5, 5.41) is 6.22. The Balaban J connectivity index is 1.84. The Hall–Kier alpha value is -1.86. The highest BCUT2D eigenvalue weighted by atomic mass is 79.9. The van der Waals surface area contributed by atoms with Crippen molar-refractivity contribution in [2.45, 2.75) is 18.4 Å². The molecule has 25 heavy (non-hydrogen) atoms. The number of aliphatic imine (C=N–C) groups is 1. The van der Waals surface area contributed by atoms with Gasteiger partial charge in [0.05, 0.1) is 10.6 Å². The topological polar surface area (TPSA) is 70.6 Å². The fraction of sp³-hybridized carbons (Fsp3) is 0.278. The second kappa shape index (κ2) is 9.01. The number of hydrogen-bond donors (Lipinski definition) is 2. The summed E-state index contributed by atoms with van der Waals surface area (Å²) in [4.78, 5) is 4.44. The minimum atomic E-state index is -3.32. The van der Waals surface area contributed by atoms with Crippen molar-refractivity contribution in [2.24, 2.45) is 4.99 Å². The van der Waals surface area contributed by atoms with E-state index in [0.717, 1.165) is 10.0 Å². The van der Waals surface area contributed by atoms with Crippen molar-refractivity contribution in [2.75, 3.05) is 19.3 Å². The zero-order valence-corrected chi connectivity index (χ0v) is 16.7. The summed E-state index contributed by atoms with van der Waals surface area (Å²) < 4.78 is 25.5. The molecule has 0 amide bonds. The van der Waals surface area contributed by atoms with Crippen LogP contribution in [0, 0.1) is 6.92 Å². The van der Waals surface area contributed by atoms with E-state index in [2.05, 4.69) is 43.7 Å². The SMILES string of the molecule is CN=C(NCCS(=O)(=O)c1ccc(Br)cc1)NCc1ccc(C)cc1. The van der Waals surface area contributed by atoms with E-state index in [-0.39, 0.29) is 12.3 Å². The predicted molar refractivity (Wildman–Crippen MR) is 106 cm³/mol. The summed E-state index contributed by atoms with van der Waals surface area (Å²) >= 11 is 3.30. The number of nitrogens with zero attached hydrogens (tertiary/aromatic N) is 1. The minimum Gasteiger partial charge on any atom is -0.355 e. The van der Waals surface area contributed by atoms with Gasteiger partial charge < -0.3 is 10.6 Å². The molecule has 0 atom stereocenters. The molecule has 0 radical (unpaired) electrons. The molecule has 0 spiro atoms. The second-order valence-electron chi connectivity index (χ2n) is 5.61. The summed E-state index contributed by atoms with van der Waals surface area (Å²) in [5.41, 5.74) is 2.35. The Morgan fingerprint density at radius 2 is 1.68 bits per heavy atom. The van der Waals surface area contributed by atoms with E-state index in [0.29, 0.717) is 17.4 Å². The normalized spacial score (nSPS) is 12.0. The summed E-state index contributed by atoms with van der Waals surface area (Å²) in [7, 11) is -1.66. The van der Waals surface area contributed by atoms with Crippen LogP contribution < -0.4 is 10.6 Å². The Kier molecular flexibility index (Phi) is 7.01. The van der Waals surface area contributed by atoms with Crippen LogP contribution >= 0.6 is 15.9 Å². The molecule has 0 fully saturated rings. The lowest BCUT2D eigenvalue weighted by molar-refractivity contribution is 0.594. The first-order valence-corrected chi connectivity index (χ1v) is 10.3. The minimum absolute atomic E-state index is 0.000135.